The van der Waals surface area contributed by atoms with Crippen LogP contribution < -0.4 is 65.5 Å². The van der Waals surface area contributed by atoms with Gasteiger partial charge in [0.2, 0.25) is 53.2 Å². The minimum absolute atomic E-state index is 0.0196. The number of primary amides is 1. The maximum Gasteiger partial charge on any atom is 0.326 e. The molecule has 2 aromatic carbocycles. The maximum absolute atomic E-state index is 14.7. The fourth-order valence-corrected chi connectivity index (χ4v) is 8.73. The van der Waals surface area contributed by atoms with Crippen molar-refractivity contribution in [3.8, 4) is 11.5 Å². The molecule has 20 N–H and O–H groups in total. The number of carboxylic acids is 2. The molecule has 0 aliphatic heterocycles. The van der Waals surface area contributed by atoms with Crippen molar-refractivity contribution >= 4 is 71.1 Å². The molecule has 0 spiro atoms. The highest BCUT2D eigenvalue weighted by molar-refractivity contribution is 5.99. The minimum Gasteiger partial charge on any atom is -0.508 e. The Kier molecular flexibility index (Phi) is 30.9. The zero-order chi connectivity index (χ0) is 64.2. The van der Waals surface area contributed by atoms with Gasteiger partial charge in [-0.1, -0.05) is 79.7 Å². The van der Waals surface area contributed by atoms with Crippen molar-refractivity contribution in [2.75, 3.05) is 6.54 Å². The van der Waals surface area contributed by atoms with Crippen LogP contribution in [0.15, 0.2) is 53.5 Å². The number of nitrogens with one attached hydrogen (secondary N) is 8. The first-order valence-electron chi connectivity index (χ1n) is 28.3. The fourth-order valence-electron chi connectivity index (χ4n) is 8.73. The number of carbonyl (C=O) groups excluding carboxylic acids is 9. The van der Waals surface area contributed by atoms with Gasteiger partial charge in [0.15, 0.2) is 5.96 Å². The van der Waals surface area contributed by atoms with Gasteiger partial charge >= 0.3 is 11.9 Å². The summed E-state index contributed by atoms with van der Waals surface area (Å²) in [5.74, 6) is -12.2. The van der Waals surface area contributed by atoms with Crippen molar-refractivity contribution in [1.82, 2.24) is 42.5 Å². The summed E-state index contributed by atoms with van der Waals surface area (Å²) in [6.07, 6.45) is -1.99. The number of rotatable bonds is 38. The molecule has 9 atom stereocenters. The number of aliphatic carboxylic acids is 2. The van der Waals surface area contributed by atoms with Gasteiger partial charge in [-0.05, 0) is 104 Å². The topological polar surface area (TPSA) is 481 Å². The first-order chi connectivity index (χ1) is 39.7. The van der Waals surface area contributed by atoms with Crippen LogP contribution in [0.25, 0.3) is 0 Å². The average molecular weight is 1200 g/mol. The molecule has 2 aromatic rings. The summed E-state index contributed by atoms with van der Waals surface area (Å²) < 4.78 is 0. The second kappa shape index (κ2) is 36.2. The van der Waals surface area contributed by atoms with Gasteiger partial charge in [-0.15, -0.1) is 0 Å². The predicted octanol–water partition coefficient (Wildman–Crippen LogP) is -0.849. The standard InChI is InChI=1S/C57H89N13O15/c1-29(2)22-39(64-48(76)37(58)19-20-47(74)75)50(78)65-41(24-31(5)6)52(80)69-44(28-46(59)73)55(83)63-38(10-9-21-62-57(60)61)49(77)67-42(26-33-11-15-35(71)16-12-33)53(81)66-40(23-30(3)4)51(79)68-43(27-34-13-17-36(72)18-14-34)54(82)70-45(56(84)85)25-32(7)8/h11-18,29-32,37-45,71-72H,9-10,19-28,58H2,1-8H3,(H2,59,73)(H,63,83)(H,64,76)(H,65,78)(H,66,81)(H,67,77)(H,68,79)(H,69,80)(H,70,82)(H,74,75)(H,84,85)(H4,60,61,62)/t37-,38-,39-,40-,41-,42-,43-,44-,45-/m0/s1. The number of phenolic OH excluding ortho intramolecular Hbond substituents is 2. The molecule has 0 fully saturated rings. The largest absolute Gasteiger partial charge is 0.508 e. The highest BCUT2D eigenvalue weighted by Gasteiger charge is 2.36. The number of carbonyl (C=O) groups is 11. The predicted molar refractivity (Wildman–Crippen MR) is 313 cm³/mol. The molecule has 0 bridgehead atoms. The Balaban J connectivity index is 2.60. The maximum atomic E-state index is 14.7. The lowest BCUT2D eigenvalue weighted by Gasteiger charge is -2.29. The van der Waals surface area contributed by atoms with Crippen molar-refractivity contribution in [2.24, 2.45) is 51.6 Å². The first kappa shape index (κ1) is 72.5. The average Bonchev–Trinajstić information content (AvgIpc) is 3.07. The van der Waals surface area contributed by atoms with Crippen LogP contribution in [-0.4, -0.2) is 152 Å². The highest BCUT2D eigenvalue weighted by Crippen LogP contribution is 2.17. The summed E-state index contributed by atoms with van der Waals surface area (Å²) in [5.41, 5.74) is 23.5. The van der Waals surface area contributed by atoms with Gasteiger partial charge in [0, 0.05) is 25.8 Å². The van der Waals surface area contributed by atoms with E-state index in [4.69, 9.17) is 28.0 Å². The van der Waals surface area contributed by atoms with E-state index in [-0.39, 0.29) is 105 Å². The summed E-state index contributed by atoms with van der Waals surface area (Å²) in [6, 6.07) is -1.56. The summed E-state index contributed by atoms with van der Waals surface area (Å²) >= 11 is 0. The van der Waals surface area contributed by atoms with E-state index in [1.165, 1.54) is 48.5 Å². The molecular formula is C57H89N13O15. The summed E-state index contributed by atoms with van der Waals surface area (Å²) in [5, 5.41) is 59.6. The normalized spacial score (nSPS) is 14.4. The van der Waals surface area contributed by atoms with Crippen LogP contribution in [-0.2, 0) is 65.6 Å². The molecule has 0 heterocycles. The third-order valence-corrected chi connectivity index (χ3v) is 13.0. The Hall–Kier alpha value is -8.56. The first-order valence-corrected chi connectivity index (χ1v) is 28.3. The van der Waals surface area contributed by atoms with E-state index in [1.54, 1.807) is 55.4 Å². The van der Waals surface area contributed by atoms with Crippen LogP contribution in [0.3, 0.4) is 0 Å². The molecule has 0 unspecified atom stereocenters. The van der Waals surface area contributed by atoms with Gasteiger partial charge in [-0.2, -0.15) is 0 Å². The third-order valence-electron chi connectivity index (χ3n) is 13.0. The minimum atomic E-state index is -1.78. The molecule has 0 radical (unpaired) electrons. The molecule has 85 heavy (non-hydrogen) atoms. The van der Waals surface area contributed by atoms with Gasteiger partial charge in [0.25, 0.3) is 0 Å². The van der Waals surface area contributed by atoms with E-state index in [1.807, 2.05) is 0 Å². The summed E-state index contributed by atoms with van der Waals surface area (Å²) in [7, 11) is 0. The number of amides is 9. The molecule has 0 aromatic heterocycles. The number of hydrogen-bond donors (Lipinski definition) is 16. The van der Waals surface area contributed by atoms with Crippen molar-refractivity contribution in [2.45, 2.75) is 180 Å². The van der Waals surface area contributed by atoms with Crippen molar-refractivity contribution < 1.29 is 73.2 Å². The Bertz CT molecular complexity index is 2610. The second-order valence-corrected chi connectivity index (χ2v) is 22.7. The van der Waals surface area contributed by atoms with Crippen LogP contribution in [0.2, 0.25) is 0 Å². The van der Waals surface area contributed by atoms with Crippen LogP contribution in [0.1, 0.15) is 124 Å². The molecule has 0 aliphatic rings. The monoisotopic (exact) mass is 1200 g/mol. The number of nitrogens with two attached hydrogens (primary N) is 4. The molecule has 28 heteroatoms. The van der Waals surface area contributed by atoms with E-state index in [0.29, 0.717) is 11.1 Å². The van der Waals surface area contributed by atoms with Crippen LogP contribution in [0.4, 0.5) is 0 Å². The molecule has 2 rings (SSSR count). The number of aliphatic imine (C=N–C) groups is 1. The van der Waals surface area contributed by atoms with Crippen LogP contribution in [0, 0.1) is 23.7 Å². The third kappa shape index (κ3) is 28.5. The number of phenols is 2. The highest BCUT2D eigenvalue weighted by atomic mass is 16.4. The molecule has 0 aliphatic carbocycles. The van der Waals surface area contributed by atoms with Crippen LogP contribution >= 0.6 is 0 Å². The Labute approximate surface area is 495 Å². The quantitative estimate of drug-likeness (QED) is 0.0221. The number of nitrogens with zero attached hydrogens (tertiary/aromatic N) is 1. The van der Waals surface area contributed by atoms with E-state index >= 15 is 0 Å². The molecular weight excluding hydrogens is 1110 g/mol. The van der Waals surface area contributed by atoms with Gasteiger partial charge in [0.05, 0.1) is 12.5 Å². The molecule has 472 valence electrons. The Morgan fingerprint density at radius 3 is 1.12 bits per heavy atom. The van der Waals surface area contributed by atoms with E-state index < -0.39 is 132 Å². The molecule has 28 nitrogen and oxygen atoms in total. The molecule has 0 saturated carbocycles. The number of guanidine groups is 1. The number of carboxylic acid groups (broad SMARTS) is 2. The Morgan fingerprint density at radius 2 is 0.753 bits per heavy atom. The number of benzene rings is 2. The Morgan fingerprint density at radius 1 is 0.435 bits per heavy atom. The smallest absolute Gasteiger partial charge is 0.326 e. The zero-order valence-electron chi connectivity index (χ0n) is 49.6. The van der Waals surface area contributed by atoms with E-state index in [9.17, 15) is 68.1 Å². The summed E-state index contributed by atoms with van der Waals surface area (Å²) in [4.78, 5) is 153. The molecule has 9 amide bonds. The van der Waals surface area contributed by atoms with Crippen molar-refractivity contribution in [3.63, 3.8) is 0 Å². The lowest BCUT2D eigenvalue weighted by Crippen LogP contribution is -2.61. The van der Waals surface area contributed by atoms with E-state index in [2.05, 4.69) is 47.5 Å². The lowest BCUT2D eigenvalue weighted by molar-refractivity contribution is -0.143. The number of aromatic hydroxyl groups is 2. The van der Waals surface area contributed by atoms with E-state index in [0.717, 1.165) is 0 Å². The van der Waals surface area contributed by atoms with Gasteiger partial charge < -0.3 is 85.9 Å². The number of hydrogen-bond acceptors (Lipinski definition) is 15. The van der Waals surface area contributed by atoms with Gasteiger partial charge in [0.1, 0.15) is 59.8 Å². The second-order valence-electron chi connectivity index (χ2n) is 22.7. The summed E-state index contributed by atoms with van der Waals surface area (Å²) in [6.45, 7) is 14.0. The van der Waals surface area contributed by atoms with Crippen molar-refractivity contribution in [3.05, 3.63) is 59.7 Å². The fraction of sp³-hybridized carbons (Fsp3) is 0.579. The zero-order valence-corrected chi connectivity index (χ0v) is 49.6. The SMILES string of the molecule is CC(C)C[C@H](NC(=O)[C@H](Cc1ccc(O)cc1)NC(=O)[C@H](CC(C)C)NC(=O)[C@H](Cc1ccc(O)cc1)NC(=O)[C@H](CCCN=C(N)N)NC(=O)[C@H](CC(N)=O)NC(=O)[C@H](CC(C)C)NC(=O)[C@H](CC(C)C)NC(=O)[C@@H](N)CCC(=O)O)C(=O)O. The van der Waals surface area contributed by atoms with Crippen LogP contribution in [0.5, 0.6) is 11.5 Å². The molecule has 0 saturated heterocycles. The lowest BCUT2D eigenvalue weighted by atomic mass is 9.99. The van der Waals surface area contributed by atoms with Gasteiger partial charge in [-0.25, -0.2) is 4.79 Å². The van der Waals surface area contributed by atoms with Gasteiger partial charge in [-0.3, -0.25) is 52.9 Å². The van der Waals surface area contributed by atoms with Crippen molar-refractivity contribution in [1.29, 1.82) is 0 Å².